The second-order valence-corrected chi connectivity index (χ2v) is 7.32. The number of ether oxygens (including phenoxy) is 1. The van der Waals surface area contributed by atoms with Crippen LogP contribution in [0.5, 0.6) is 5.75 Å². The molecule has 3 aromatic rings. The van der Waals surface area contributed by atoms with E-state index >= 15 is 0 Å². The molecule has 0 saturated heterocycles. The monoisotopic (exact) mass is 479 g/mol. The molecule has 0 aromatic heterocycles. The van der Waals surface area contributed by atoms with Crippen LogP contribution < -0.4 is 20.7 Å². The predicted molar refractivity (Wildman–Crippen MR) is 124 cm³/mol. The van der Waals surface area contributed by atoms with Crippen molar-refractivity contribution < 1.29 is 22.7 Å². The number of alkyl halides is 3. The maximum absolute atomic E-state index is 13.1. The molecule has 0 fully saturated rings. The standard InChI is InChI=1S/C22H17ClF3N3O2S/c1-31-19-10-7-13(20(30)27-14-5-3-2-4-6-14)11-18(19)29-21(32)28-15-8-9-17(23)16(12-15)22(24,25)26/h2-12H,1H3,(H,27,30)(H2,28,29,32). The molecule has 166 valence electrons. The van der Waals surface area contributed by atoms with Crippen molar-refractivity contribution in [2.24, 2.45) is 0 Å². The molecule has 5 nitrogen and oxygen atoms in total. The molecular weight excluding hydrogens is 463 g/mol. The van der Waals surface area contributed by atoms with Gasteiger partial charge in [0.2, 0.25) is 0 Å². The van der Waals surface area contributed by atoms with E-state index in [0.717, 1.165) is 12.1 Å². The number of thiocarbonyl (C=S) groups is 1. The Bertz CT molecular complexity index is 1140. The first kappa shape index (κ1) is 23.4. The van der Waals surface area contributed by atoms with E-state index in [1.165, 1.54) is 19.2 Å². The lowest BCUT2D eigenvalue weighted by molar-refractivity contribution is -0.137. The summed E-state index contributed by atoms with van der Waals surface area (Å²) in [5, 5.41) is 7.87. The number of carbonyl (C=O) groups is 1. The van der Waals surface area contributed by atoms with Crippen LogP contribution in [0.1, 0.15) is 15.9 Å². The summed E-state index contributed by atoms with van der Waals surface area (Å²) in [7, 11) is 1.44. The Morgan fingerprint density at radius 3 is 2.31 bits per heavy atom. The number of methoxy groups -OCH3 is 1. The Morgan fingerprint density at radius 2 is 1.66 bits per heavy atom. The summed E-state index contributed by atoms with van der Waals surface area (Å²) in [6.45, 7) is 0. The summed E-state index contributed by atoms with van der Waals surface area (Å²) in [5.74, 6) is 0.0331. The van der Waals surface area contributed by atoms with Crippen LogP contribution in [0.4, 0.5) is 30.2 Å². The molecule has 0 bridgehead atoms. The summed E-state index contributed by atoms with van der Waals surface area (Å²) >= 11 is 10.9. The van der Waals surface area contributed by atoms with Crippen molar-refractivity contribution in [2.45, 2.75) is 6.18 Å². The van der Waals surface area contributed by atoms with E-state index in [2.05, 4.69) is 16.0 Å². The quantitative estimate of drug-likeness (QED) is 0.368. The zero-order chi connectivity index (χ0) is 23.3. The lowest BCUT2D eigenvalue weighted by Gasteiger charge is -2.16. The highest BCUT2D eigenvalue weighted by atomic mass is 35.5. The Balaban J connectivity index is 1.77. The van der Waals surface area contributed by atoms with E-state index in [0.29, 0.717) is 22.7 Å². The van der Waals surface area contributed by atoms with Gasteiger partial charge in [0, 0.05) is 16.9 Å². The zero-order valence-electron chi connectivity index (χ0n) is 16.6. The van der Waals surface area contributed by atoms with E-state index in [-0.39, 0.29) is 16.7 Å². The number of rotatable bonds is 5. The van der Waals surface area contributed by atoms with Gasteiger partial charge in [0.1, 0.15) is 5.75 Å². The summed E-state index contributed by atoms with van der Waals surface area (Å²) in [5.41, 5.74) is 0.421. The van der Waals surface area contributed by atoms with Gasteiger partial charge in [0.25, 0.3) is 5.91 Å². The van der Waals surface area contributed by atoms with Gasteiger partial charge in [-0.2, -0.15) is 13.2 Å². The number of carbonyl (C=O) groups excluding carboxylic acids is 1. The Kier molecular flexibility index (Phi) is 7.22. The Morgan fingerprint density at radius 1 is 0.938 bits per heavy atom. The normalized spacial score (nSPS) is 10.9. The molecule has 0 saturated carbocycles. The topological polar surface area (TPSA) is 62.4 Å². The highest BCUT2D eigenvalue weighted by Gasteiger charge is 2.33. The molecule has 0 atom stereocenters. The Labute approximate surface area is 192 Å². The molecule has 0 radical (unpaired) electrons. The van der Waals surface area contributed by atoms with Crippen molar-refractivity contribution in [1.29, 1.82) is 0 Å². The third-order valence-electron chi connectivity index (χ3n) is 4.27. The van der Waals surface area contributed by atoms with Crippen LogP contribution in [0.2, 0.25) is 5.02 Å². The Hall–Kier alpha value is -3.30. The number of hydrogen-bond acceptors (Lipinski definition) is 3. The van der Waals surface area contributed by atoms with Crippen LogP contribution in [0, 0.1) is 0 Å². The van der Waals surface area contributed by atoms with Gasteiger partial charge in [-0.15, -0.1) is 0 Å². The van der Waals surface area contributed by atoms with E-state index in [9.17, 15) is 18.0 Å². The first-order valence-corrected chi connectivity index (χ1v) is 9.95. The molecule has 0 spiro atoms. The van der Waals surface area contributed by atoms with Crippen LogP contribution in [0.15, 0.2) is 66.7 Å². The van der Waals surface area contributed by atoms with Gasteiger partial charge in [-0.3, -0.25) is 4.79 Å². The predicted octanol–water partition coefficient (Wildman–Crippen LogP) is 6.43. The van der Waals surface area contributed by atoms with Crippen molar-refractivity contribution in [2.75, 3.05) is 23.1 Å². The number of amides is 1. The van der Waals surface area contributed by atoms with Crippen molar-refractivity contribution in [3.05, 3.63) is 82.9 Å². The highest BCUT2D eigenvalue weighted by Crippen LogP contribution is 2.36. The fraction of sp³-hybridized carbons (Fsp3) is 0.0909. The number of hydrogen-bond donors (Lipinski definition) is 3. The van der Waals surface area contributed by atoms with Gasteiger partial charge in [-0.25, -0.2) is 0 Å². The average molecular weight is 480 g/mol. The third-order valence-corrected chi connectivity index (χ3v) is 4.80. The highest BCUT2D eigenvalue weighted by molar-refractivity contribution is 7.80. The van der Waals surface area contributed by atoms with Crippen molar-refractivity contribution in [1.82, 2.24) is 0 Å². The molecule has 3 rings (SSSR count). The SMILES string of the molecule is COc1ccc(C(=O)Nc2ccccc2)cc1NC(=S)Nc1ccc(Cl)c(C(F)(F)F)c1. The van der Waals surface area contributed by atoms with Crippen LogP contribution >= 0.6 is 23.8 Å². The first-order valence-electron chi connectivity index (χ1n) is 9.16. The first-order chi connectivity index (χ1) is 15.2. The molecule has 0 aliphatic rings. The third kappa shape index (κ3) is 5.89. The summed E-state index contributed by atoms with van der Waals surface area (Å²) in [6, 6.07) is 17.0. The fourth-order valence-corrected chi connectivity index (χ4v) is 3.23. The van der Waals surface area contributed by atoms with Crippen LogP contribution in [-0.2, 0) is 6.18 Å². The molecule has 3 N–H and O–H groups in total. The molecular formula is C22H17ClF3N3O2S. The fourth-order valence-electron chi connectivity index (χ4n) is 2.78. The molecule has 0 aliphatic heterocycles. The smallest absolute Gasteiger partial charge is 0.417 e. The van der Waals surface area contributed by atoms with Crippen LogP contribution in [0.25, 0.3) is 0 Å². The van der Waals surface area contributed by atoms with Crippen molar-refractivity contribution >= 4 is 51.9 Å². The molecule has 10 heteroatoms. The van der Waals surface area contributed by atoms with Crippen molar-refractivity contribution in [3.8, 4) is 5.75 Å². The van der Waals surface area contributed by atoms with Gasteiger partial charge in [0.05, 0.1) is 23.4 Å². The molecule has 0 aliphatic carbocycles. The average Bonchev–Trinajstić information content (AvgIpc) is 2.75. The molecule has 1 amide bonds. The molecule has 0 heterocycles. The molecule has 32 heavy (non-hydrogen) atoms. The van der Waals surface area contributed by atoms with Gasteiger partial charge in [-0.1, -0.05) is 29.8 Å². The van der Waals surface area contributed by atoms with E-state index in [1.807, 2.05) is 6.07 Å². The van der Waals surface area contributed by atoms with Crippen molar-refractivity contribution in [3.63, 3.8) is 0 Å². The lowest BCUT2D eigenvalue weighted by Crippen LogP contribution is -2.20. The maximum atomic E-state index is 13.1. The van der Waals surface area contributed by atoms with E-state index in [4.69, 9.17) is 28.6 Å². The van der Waals surface area contributed by atoms with Crippen LogP contribution in [-0.4, -0.2) is 18.1 Å². The molecule has 0 unspecified atom stereocenters. The second kappa shape index (κ2) is 9.88. The minimum atomic E-state index is -4.60. The largest absolute Gasteiger partial charge is 0.495 e. The molecule has 3 aromatic carbocycles. The summed E-state index contributed by atoms with van der Waals surface area (Å²) in [4.78, 5) is 12.6. The number of halogens is 4. The lowest BCUT2D eigenvalue weighted by atomic mass is 10.1. The summed E-state index contributed by atoms with van der Waals surface area (Å²) < 4.78 is 44.5. The number of para-hydroxylation sites is 1. The minimum Gasteiger partial charge on any atom is -0.495 e. The van der Waals surface area contributed by atoms with Gasteiger partial charge < -0.3 is 20.7 Å². The van der Waals surface area contributed by atoms with Crippen LogP contribution in [0.3, 0.4) is 0 Å². The summed E-state index contributed by atoms with van der Waals surface area (Å²) in [6.07, 6.45) is -4.60. The van der Waals surface area contributed by atoms with E-state index in [1.54, 1.807) is 36.4 Å². The number of anilines is 3. The van der Waals surface area contributed by atoms with E-state index < -0.39 is 16.8 Å². The zero-order valence-corrected chi connectivity index (χ0v) is 18.2. The van der Waals surface area contributed by atoms with Gasteiger partial charge in [0.15, 0.2) is 5.11 Å². The maximum Gasteiger partial charge on any atom is 0.417 e. The van der Waals surface area contributed by atoms with Gasteiger partial charge in [-0.05, 0) is 60.7 Å². The number of benzene rings is 3. The second-order valence-electron chi connectivity index (χ2n) is 6.51. The van der Waals surface area contributed by atoms with Gasteiger partial charge >= 0.3 is 6.18 Å². The number of nitrogens with one attached hydrogen (secondary N) is 3. The minimum absolute atomic E-state index is 0.000588.